The Bertz CT molecular complexity index is 180. The van der Waals surface area contributed by atoms with Crippen molar-refractivity contribution in [3.8, 4) is 0 Å². The summed E-state index contributed by atoms with van der Waals surface area (Å²) < 4.78 is 7.91. The number of halogens is 2. The maximum absolute atomic E-state index is 5.77. The van der Waals surface area contributed by atoms with Crippen molar-refractivity contribution in [2.45, 2.75) is 26.7 Å². The van der Waals surface area contributed by atoms with Crippen molar-refractivity contribution in [1.82, 2.24) is 0 Å². The van der Waals surface area contributed by atoms with Crippen LogP contribution >= 0.6 is 0 Å². The first-order chi connectivity index (χ1) is 7.83. The minimum Gasteiger partial charge on any atom is -1.00 e. The van der Waals surface area contributed by atoms with Gasteiger partial charge in [-0.25, -0.2) is 0 Å². The third-order valence-electron chi connectivity index (χ3n) is 3.34. The van der Waals surface area contributed by atoms with E-state index in [-0.39, 0.29) is 34.0 Å². The summed E-state index contributed by atoms with van der Waals surface area (Å²) >= 11 is 0. The average Bonchev–Trinajstić information content (AvgIpc) is 2.16. The van der Waals surface area contributed by atoms with Crippen LogP contribution in [0.3, 0.4) is 0 Å². The molecule has 0 unspecified atom stereocenters. The summed E-state index contributed by atoms with van der Waals surface area (Å²) in [5.74, 6) is 0. The molecular weight excluding hydrogens is 372 g/mol. The van der Waals surface area contributed by atoms with E-state index < -0.39 is 0 Å². The lowest BCUT2D eigenvalue weighted by Crippen LogP contribution is -3.00. The molecule has 0 rings (SSSR count). The zero-order valence-corrected chi connectivity index (χ0v) is 16.9. The van der Waals surface area contributed by atoms with Crippen LogP contribution in [0.15, 0.2) is 0 Å². The fourth-order valence-electron chi connectivity index (χ4n) is 2.16. The summed E-state index contributed by atoms with van der Waals surface area (Å²) in [5.41, 5.74) is 0. The molecule has 0 amide bonds. The quantitative estimate of drug-likeness (QED) is 0.266. The van der Waals surface area contributed by atoms with Gasteiger partial charge in [-0.3, -0.25) is 0 Å². The Hall–Kier alpha value is 0.840. The Morgan fingerprint density at radius 1 is 0.632 bits per heavy atom. The van der Waals surface area contributed by atoms with Gasteiger partial charge in [-0.05, 0) is 12.8 Å². The monoisotopic (exact) mass is 404 g/mol. The van der Waals surface area contributed by atoms with Crippen LogP contribution in [0, 0.1) is 0 Å². The van der Waals surface area contributed by atoms with Crippen molar-refractivity contribution in [2.75, 3.05) is 67.6 Å². The maximum atomic E-state index is 5.77. The van der Waals surface area contributed by atoms with Crippen LogP contribution in [0.4, 0.5) is 0 Å². The fraction of sp³-hybridized carbons (Fsp3) is 1.00. The lowest BCUT2D eigenvalue weighted by atomic mass is 10.3. The standard InChI is InChI=1S/C14H34N2O.2BrH/c1-7-9-15(3,4)11-13-17-14-12-16(5,6)10-8-2;;/h7-14H2,1-6H3;2*1H/q+2;;/p-2. The van der Waals surface area contributed by atoms with Gasteiger partial charge in [0.2, 0.25) is 0 Å². The van der Waals surface area contributed by atoms with Gasteiger partial charge in [-0.1, -0.05) is 13.8 Å². The number of rotatable bonds is 10. The number of hydrogen-bond donors (Lipinski definition) is 0. The van der Waals surface area contributed by atoms with Crippen LogP contribution in [-0.2, 0) is 4.74 Å². The molecule has 0 bridgehead atoms. The van der Waals surface area contributed by atoms with E-state index >= 15 is 0 Å². The molecule has 0 aliphatic rings. The van der Waals surface area contributed by atoms with E-state index in [1.807, 2.05) is 0 Å². The van der Waals surface area contributed by atoms with Gasteiger partial charge in [0, 0.05) is 0 Å². The Morgan fingerprint density at radius 3 is 1.21 bits per heavy atom. The zero-order chi connectivity index (χ0) is 13.4. The Morgan fingerprint density at radius 2 is 0.947 bits per heavy atom. The second-order valence-corrected chi connectivity index (χ2v) is 6.38. The van der Waals surface area contributed by atoms with Crippen LogP contribution < -0.4 is 34.0 Å². The van der Waals surface area contributed by atoms with Gasteiger partial charge in [0.05, 0.1) is 54.5 Å². The van der Waals surface area contributed by atoms with Gasteiger partial charge in [-0.15, -0.1) is 0 Å². The van der Waals surface area contributed by atoms with Crippen molar-refractivity contribution in [1.29, 1.82) is 0 Å². The molecular formula is C14H34Br2N2O. The number of hydrogen-bond acceptors (Lipinski definition) is 1. The lowest BCUT2D eigenvalue weighted by molar-refractivity contribution is -0.894. The van der Waals surface area contributed by atoms with Crippen molar-refractivity contribution >= 4 is 0 Å². The molecule has 0 aromatic rings. The molecule has 0 atom stereocenters. The number of likely N-dealkylation sites (N-methyl/N-ethyl adjacent to an activating group) is 2. The summed E-state index contributed by atoms with van der Waals surface area (Å²) in [4.78, 5) is 0. The van der Waals surface area contributed by atoms with E-state index in [0.29, 0.717) is 0 Å². The summed E-state index contributed by atoms with van der Waals surface area (Å²) in [5, 5.41) is 0. The van der Waals surface area contributed by atoms with Gasteiger partial charge in [0.15, 0.2) is 0 Å². The van der Waals surface area contributed by atoms with Gasteiger partial charge in [0.25, 0.3) is 0 Å². The Balaban J connectivity index is -0.00000128. The fourth-order valence-corrected chi connectivity index (χ4v) is 2.16. The average molecular weight is 406 g/mol. The Kier molecular flexibility index (Phi) is 16.4. The summed E-state index contributed by atoms with van der Waals surface area (Å²) in [6, 6.07) is 0. The van der Waals surface area contributed by atoms with E-state index in [9.17, 15) is 0 Å². The number of ether oxygens (including phenoxy) is 1. The molecule has 0 aromatic heterocycles. The molecule has 19 heavy (non-hydrogen) atoms. The molecule has 0 spiro atoms. The second-order valence-electron chi connectivity index (χ2n) is 6.38. The lowest BCUT2D eigenvalue weighted by Gasteiger charge is -2.31. The first kappa shape index (κ1) is 24.8. The number of nitrogens with zero attached hydrogens (tertiary/aromatic N) is 2. The summed E-state index contributed by atoms with van der Waals surface area (Å²) in [6.45, 7) is 11.0. The SMILES string of the molecule is CCC[N+](C)(C)CCOCC[N+](C)(C)CCC.[Br-].[Br-]. The van der Waals surface area contributed by atoms with E-state index in [1.165, 1.54) is 25.9 Å². The predicted molar refractivity (Wildman–Crippen MR) is 75.1 cm³/mol. The van der Waals surface area contributed by atoms with Crippen molar-refractivity contribution in [3.63, 3.8) is 0 Å². The highest BCUT2D eigenvalue weighted by Gasteiger charge is 2.15. The molecule has 0 aromatic carbocycles. The van der Waals surface area contributed by atoms with Gasteiger partial charge in [0.1, 0.15) is 13.1 Å². The molecule has 120 valence electrons. The topological polar surface area (TPSA) is 9.23 Å². The van der Waals surface area contributed by atoms with E-state index in [4.69, 9.17) is 4.74 Å². The molecule has 0 saturated carbocycles. The van der Waals surface area contributed by atoms with E-state index in [1.54, 1.807) is 0 Å². The molecule has 0 aliphatic carbocycles. The maximum Gasteiger partial charge on any atom is 0.102 e. The molecule has 0 heterocycles. The normalized spacial score (nSPS) is 11.7. The largest absolute Gasteiger partial charge is 1.00 e. The van der Waals surface area contributed by atoms with E-state index in [2.05, 4.69) is 42.0 Å². The van der Waals surface area contributed by atoms with Gasteiger partial charge >= 0.3 is 0 Å². The van der Waals surface area contributed by atoms with Crippen LogP contribution in [0.5, 0.6) is 0 Å². The first-order valence-electron chi connectivity index (χ1n) is 7.05. The molecule has 0 radical (unpaired) electrons. The van der Waals surface area contributed by atoms with Crippen LogP contribution in [-0.4, -0.2) is 76.5 Å². The minimum atomic E-state index is 0. The molecule has 5 heteroatoms. The molecule has 0 saturated heterocycles. The van der Waals surface area contributed by atoms with E-state index in [0.717, 1.165) is 35.3 Å². The summed E-state index contributed by atoms with van der Waals surface area (Å²) in [7, 11) is 9.13. The molecule has 3 nitrogen and oxygen atoms in total. The molecule has 0 aliphatic heterocycles. The summed E-state index contributed by atoms with van der Waals surface area (Å²) in [6.07, 6.45) is 2.49. The van der Waals surface area contributed by atoms with Crippen molar-refractivity contribution in [3.05, 3.63) is 0 Å². The highest BCUT2D eigenvalue weighted by atomic mass is 79.9. The molecule has 0 N–H and O–H groups in total. The number of quaternary nitrogens is 2. The van der Waals surface area contributed by atoms with Gasteiger partial charge in [-0.2, -0.15) is 0 Å². The van der Waals surface area contributed by atoms with Crippen molar-refractivity contribution in [2.24, 2.45) is 0 Å². The zero-order valence-electron chi connectivity index (χ0n) is 13.7. The highest BCUT2D eigenvalue weighted by molar-refractivity contribution is 4.37. The third-order valence-corrected chi connectivity index (χ3v) is 3.34. The second kappa shape index (κ2) is 12.6. The Labute approximate surface area is 142 Å². The predicted octanol–water partition coefficient (Wildman–Crippen LogP) is -4.02. The van der Waals surface area contributed by atoms with Crippen LogP contribution in [0.25, 0.3) is 0 Å². The highest BCUT2D eigenvalue weighted by Crippen LogP contribution is 2.01. The minimum absolute atomic E-state index is 0. The van der Waals surface area contributed by atoms with Crippen molar-refractivity contribution < 1.29 is 47.7 Å². The van der Waals surface area contributed by atoms with Crippen LogP contribution in [0.1, 0.15) is 26.7 Å². The van der Waals surface area contributed by atoms with Crippen LogP contribution in [0.2, 0.25) is 0 Å². The van der Waals surface area contributed by atoms with Gasteiger partial charge < -0.3 is 47.7 Å². The smallest absolute Gasteiger partial charge is 0.102 e. The first-order valence-corrected chi connectivity index (χ1v) is 7.05. The molecule has 0 fully saturated rings. The third kappa shape index (κ3) is 15.1.